The molecule has 0 bridgehead atoms. The van der Waals surface area contributed by atoms with Gasteiger partial charge in [0.25, 0.3) is 0 Å². The number of hydrogen-bond donors (Lipinski definition) is 1. The first kappa shape index (κ1) is 22.3. The molecule has 1 N–H and O–H groups in total. The van der Waals surface area contributed by atoms with Crippen molar-refractivity contribution >= 4 is 43.8 Å². The molecular formula is C15H22Br2O6. The summed E-state index contributed by atoms with van der Waals surface area (Å²) in [5.41, 5.74) is 0.582. The van der Waals surface area contributed by atoms with Crippen molar-refractivity contribution in [2.24, 2.45) is 5.92 Å². The number of aliphatic hydroxyl groups excluding tert-OH is 1. The van der Waals surface area contributed by atoms with Crippen LogP contribution in [0.4, 0.5) is 0 Å². The highest BCUT2D eigenvalue weighted by Gasteiger charge is 2.20. The van der Waals surface area contributed by atoms with Crippen molar-refractivity contribution in [3.8, 4) is 0 Å². The van der Waals surface area contributed by atoms with Crippen LogP contribution in [-0.4, -0.2) is 53.3 Å². The van der Waals surface area contributed by atoms with E-state index >= 15 is 0 Å². The number of esters is 2. The number of rotatable bonds is 11. The van der Waals surface area contributed by atoms with Crippen LogP contribution in [0, 0.1) is 5.92 Å². The zero-order valence-electron chi connectivity index (χ0n) is 13.2. The van der Waals surface area contributed by atoms with Crippen molar-refractivity contribution < 1.29 is 28.9 Å². The molecule has 0 fully saturated rings. The monoisotopic (exact) mass is 456 g/mol. The van der Waals surface area contributed by atoms with Crippen LogP contribution in [0.5, 0.6) is 0 Å². The molecule has 2 unspecified atom stereocenters. The third-order valence-corrected chi connectivity index (χ3v) is 4.03. The van der Waals surface area contributed by atoms with Gasteiger partial charge in [0.05, 0.1) is 23.6 Å². The average Bonchev–Trinajstić information content (AvgIpc) is 2.46. The summed E-state index contributed by atoms with van der Waals surface area (Å²) in [7, 11) is 0. The second-order valence-corrected chi connectivity index (χ2v) is 8.25. The first-order valence-electron chi connectivity index (χ1n) is 6.84. The minimum atomic E-state index is -0.943. The van der Waals surface area contributed by atoms with Crippen molar-refractivity contribution in [1.29, 1.82) is 0 Å². The van der Waals surface area contributed by atoms with Crippen LogP contribution in [0.3, 0.4) is 0 Å². The SMILES string of the molecule is C=C(C)C(=O)OCC(O)COCC(COC(=O)C(=C)C)C(Br)Br. The molecular weight excluding hydrogens is 436 g/mol. The number of carbonyl (C=O) groups is 2. The molecule has 0 aliphatic carbocycles. The second-order valence-electron chi connectivity index (χ2n) is 5.04. The quantitative estimate of drug-likeness (QED) is 0.291. The first-order chi connectivity index (χ1) is 10.6. The Balaban J connectivity index is 4.08. The Kier molecular flexibility index (Phi) is 11.4. The summed E-state index contributed by atoms with van der Waals surface area (Å²) >= 11 is 6.68. The molecule has 0 radical (unpaired) electrons. The van der Waals surface area contributed by atoms with Gasteiger partial charge in [0.1, 0.15) is 12.7 Å². The molecule has 0 aliphatic rings. The zero-order valence-corrected chi connectivity index (χ0v) is 16.4. The maximum absolute atomic E-state index is 11.4. The Hall–Kier alpha value is -0.700. The van der Waals surface area contributed by atoms with Crippen LogP contribution in [0.2, 0.25) is 0 Å². The van der Waals surface area contributed by atoms with Crippen molar-refractivity contribution in [3.05, 3.63) is 24.3 Å². The Morgan fingerprint density at radius 1 is 0.957 bits per heavy atom. The number of alkyl halides is 2. The maximum atomic E-state index is 11.4. The van der Waals surface area contributed by atoms with Gasteiger partial charge in [0, 0.05) is 17.1 Å². The van der Waals surface area contributed by atoms with E-state index in [1.165, 1.54) is 6.92 Å². The van der Waals surface area contributed by atoms with Crippen LogP contribution in [-0.2, 0) is 23.8 Å². The van der Waals surface area contributed by atoms with Gasteiger partial charge in [-0.05, 0) is 13.8 Å². The van der Waals surface area contributed by atoms with E-state index < -0.39 is 18.0 Å². The molecule has 23 heavy (non-hydrogen) atoms. The summed E-state index contributed by atoms with van der Waals surface area (Å²) < 4.78 is 15.1. The van der Waals surface area contributed by atoms with Crippen molar-refractivity contribution in [2.45, 2.75) is 23.7 Å². The lowest BCUT2D eigenvalue weighted by molar-refractivity contribution is -0.143. The molecule has 2 atom stereocenters. The summed E-state index contributed by atoms with van der Waals surface area (Å²) in [4.78, 5) is 22.5. The summed E-state index contributed by atoms with van der Waals surface area (Å²) in [5, 5.41) is 9.67. The van der Waals surface area contributed by atoms with Gasteiger partial charge < -0.3 is 19.3 Å². The minimum absolute atomic E-state index is 0.0128. The van der Waals surface area contributed by atoms with Crippen LogP contribution >= 0.6 is 31.9 Å². The molecule has 0 saturated carbocycles. The standard InChI is InChI=1S/C15H22Br2O6/c1-9(2)14(19)22-6-11(13(16)17)5-21-7-12(18)8-23-15(20)10(3)4/h11-13,18H,1,3,5-8H2,2,4H3. The molecule has 0 saturated heterocycles. The lowest BCUT2D eigenvalue weighted by Crippen LogP contribution is -2.28. The van der Waals surface area contributed by atoms with Gasteiger partial charge in [-0.15, -0.1) is 0 Å². The van der Waals surface area contributed by atoms with Gasteiger partial charge in [-0.1, -0.05) is 45.0 Å². The summed E-state index contributed by atoms with van der Waals surface area (Å²) in [6, 6.07) is 0. The highest BCUT2D eigenvalue weighted by molar-refractivity contribution is 9.24. The predicted octanol–water partition coefficient (Wildman–Crippen LogP) is 2.33. The van der Waals surface area contributed by atoms with Crippen LogP contribution in [0.25, 0.3) is 0 Å². The van der Waals surface area contributed by atoms with E-state index in [4.69, 9.17) is 14.2 Å². The summed E-state index contributed by atoms with van der Waals surface area (Å²) in [6.07, 6.45) is -0.943. The Morgan fingerprint density at radius 2 is 1.43 bits per heavy atom. The van der Waals surface area contributed by atoms with Gasteiger partial charge >= 0.3 is 11.9 Å². The smallest absolute Gasteiger partial charge is 0.333 e. The van der Waals surface area contributed by atoms with Gasteiger partial charge in [-0.25, -0.2) is 9.59 Å². The van der Waals surface area contributed by atoms with E-state index in [-0.39, 0.29) is 41.7 Å². The van der Waals surface area contributed by atoms with E-state index in [1.807, 2.05) is 0 Å². The van der Waals surface area contributed by atoms with Gasteiger partial charge in [0.15, 0.2) is 0 Å². The highest BCUT2D eigenvalue weighted by atomic mass is 79.9. The topological polar surface area (TPSA) is 82.1 Å². The molecule has 8 heteroatoms. The van der Waals surface area contributed by atoms with E-state index in [9.17, 15) is 14.7 Å². The van der Waals surface area contributed by atoms with E-state index in [2.05, 4.69) is 45.0 Å². The molecule has 0 aromatic carbocycles. The lowest BCUT2D eigenvalue weighted by atomic mass is 10.2. The maximum Gasteiger partial charge on any atom is 0.333 e. The predicted molar refractivity (Wildman–Crippen MR) is 93.5 cm³/mol. The molecule has 6 nitrogen and oxygen atoms in total. The Labute approximate surface area is 153 Å². The third kappa shape index (κ3) is 10.6. The molecule has 0 aromatic rings. The third-order valence-electron chi connectivity index (χ3n) is 2.53. The minimum Gasteiger partial charge on any atom is -0.462 e. The number of halogens is 2. The van der Waals surface area contributed by atoms with Crippen molar-refractivity contribution in [1.82, 2.24) is 0 Å². The summed E-state index contributed by atoms with van der Waals surface area (Å²) in [5.74, 6) is -1.19. The molecule has 0 spiro atoms. The normalized spacial score (nSPS) is 13.3. The molecule has 132 valence electrons. The Bertz CT molecular complexity index is 436. The zero-order chi connectivity index (χ0) is 18.0. The molecule has 0 aliphatic heterocycles. The lowest BCUT2D eigenvalue weighted by Gasteiger charge is -2.19. The van der Waals surface area contributed by atoms with Gasteiger partial charge in [-0.2, -0.15) is 0 Å². The van der Waals surface area contributed by atoms with E-state index in [1.54, 1.807) is 6.92 Å². The number of ether oxygens (including phenoxy) is 3. The Morgan fingerprint density at radius 3 is 1.87 bits per heavy atom. The van der Waals surface area contributed by atoms with Crippen molar-refractivity contribution in [2.75, 3.05) is 26.4 Å². The molecule has 0 aromatic heterocycles. The first-order valence-corrected chi connectivity index (χ1v) is 8.67. The van der Waals surface area contributed by atoms with Gasteiger partial charge in [-0.3, -0.25) is 0 Å². The van der Waals surface area contributed by atoms with Crippen LogP contribution in [0.1, 0.15) is 13.8 Å². The van der Waals surface area contributed by atoms with Crippen molar-refractivity contribution in [3.63, 3.8) is 0 Å². The highest BCUT2D eigenvalue weighted by Crippen LogP contribution is 2.21. The number of carbonyl (C=O) groups excluding carboxylic acids is 2. The fourth-order valence-electron chi connectivity index (χ4n) is 1.20. The fraction of sp³-hybridized carbons (Fsp3) is 0.600. The molecule has 0 rings (SSSR count). The summed E-state index contributed by atoms with van der Waals surface area (Å²) in [6.45, 7) is 10.2. The molecule has 0 amide bonds. The van der Waals surface area contributed by atoms with Crippen LogP contribution in [0.15, 0.2) is 24.3 Å². The second kappa shape index (κ2) is 11.8. The average molecular weight is 458 g/mol. The van der Waals surface area contributed by atoms with E-state index in [0.717, 1.165) is 0 Å². The van der Waals surface area contributed by atoms with E-state index in [0.29, 0.717) is 5.57 Å². The largest absolute Gasteiger partial charge is 0.462 e. The number of aliphatic hydroxyl groups is 1. The fourth-order valence-corrected chi connectivity index (χ4v) is 1.81. The number of hydrogen-bond acceptors (Lipinski definition) is 6. The molecule has 0 heterocycles. The van der Waals surface area contributed by atoms with Gasteiger partial charge in [0.2, 0.25) is 0 Å². The van der Waals surface area contributed by atoms with Crippen LogP contribution < -0.4 is 0 Å².